The van der Waals surface area contributed by atoms with Crippen molar-refractivity contribution in [3.05, 3.63) is 35.6 Å². The van der Waals surface area contributed by atoms with Gasteiger partial charge in [-0.15, -0.1) is 0 Å². The molecule has 3 aliphatic rings. The molecule has 6 nitrogen and oxygen atoms in total. The quantitative estimate of drug-likeness (QED) is 0.697. The Bertz CT molecular complexity index is 803. The maximum absolute atomic E-state index is 13.0. The van der Waals surface area contributed by atoms with Gasteiger partial charge in [0.25, 0.3) is 0 Å². The average molecular weight is 460 g/mol. The molecule has 1 amide bonds. The first-order valence-electron chi connectivity index (χ1n) is 10.7. The Kier molecular flexibility index (Phi) is 7.44. The molecule has 2 aliphatic heterocycles. The molecular formula is C22H28F4N2O4. The van der Waals surface area contributed by atoms with Gasteiger partial charge in [-0.05, 0) is 56.2 Å². The molecule has 1 spiro atoms. The van der Waals surface area contributed by atoms with Crippen molar-refractivity contribution in [2.24, 2.45) is 5.92 Å². The van der Waals surface area contributed by atoms with Crippen LogP contribution < -0.4 is 0 Å². The molecule has 0 bridgehead atoms. The van der Waals surface area contributed by atoms with Crippen molar-refractivity contribution in [3.8, 4) is 0 Å². The fraction of sp³-hybridized carbons (Fsp3) is 0.636. The number of carbonyl (C=O) groups is 2. The minimum Gasteiger partial charge on any atom is -0.475 e. The highest BCUT2D eigenvalue weighted by molar-refractivity contribution is 5.79. The third-order valence-electron chi connectivity index (χ3n) is 6.45. The summed E-state index contributed by atoms with van der Waals surface area (Å²) in [6.07, 6.45) is -0.667. The van der Waals surface area contributed by atoms with Crippen molar-refractivity contribution in [2.45, 2.75) is 57.0 Å². The van der Waals surface area contributed by atoms with Gasteiger partial charge in [-0.3, -0.25) is 9.69 Å². The van der Waals surface area contributed by atoms with Gasteiger partial charge in [-0.2, -0.15) is 13.2 Å². The molecule has 32 heavy (non-hydrogen) atoms. The number of aliphatic carboxylic acids is 1. The number of ether oxygens (including phenoxy) is 1. The number of amides is 1. The SMILES string of the molecule is CC1N(CC2CC2)C(=O)COC12CCN(Cc1ccc(F)cc1)CC2.O=C(O)C(F)(F)F. The van der Waals surface area contributed by atoms with Crippen molar-refractivity contribution in [1.82, 2.24) is 9.80 Å². The number of alkyl halides is 3. The Balaban J connectivity index is 0.000000360. The van der Waals surface area contributed by atoms with Crippen LogP contribution in [0.4, 0.5) is 17.6 Å². The van der Waals surface area contributed by atoms with Crippen LogP contribution in [0.1, 0.15) is 38.2 Å². The van der Waals surface area contributed by atoms with Gasteiger partial charge in [0.15, 0.2) is 0 Å². The van der Waals surface area contributed by atoms with Crippen LogP contribution >= 0.6 is 0 Å². The Labute approximate surface area is 184 Å². The molecule has 3 fully saturated rings. The van der Waals surface area contributed by atoms with E-state index in [1.807, 2.05) is 12.1 Å². The molecule has 0 radical (unpaired) electrons. The Morgan fingerprint density at radius 2 is 1.75 bits per heavy atom. The molecule has 1 saturated carbocycles. The highest BCUT2D eigenvalue weighted by atomic mass is 19.4. The molecule has 178 valence electrons. The van der Waals surface area contributed by atoms with Gasteiger partial charge in [0.2, 0.25) is 5.91 Å². The summed E-state index contributed by atoms with van der Waals surface area (Å²) in [5.41, 5.74) is 0.947. The number of hydrogen-bond donors (Lipinski definition) is 1. The number of carboxylic acid groups (broad SMARTS) is 1. The minimum absolute atomic E-state index is 0.152. The van der Waals surface area contributed by atoms with Crippen LogP contribution in [0, 0.1) is 11.7 Å². The van der Waals surface area contributed by atoms with E-state index < -0.39 is 12.1 Å². The number of rotatable bonds is 4. The Hall–Kier alpha value is -2.20. The Morgan fingerprint density at radius 1 is 1.19 bits per heavy atom. The van der Waals surface area contributed by atoms with Crippen LogP contribution in [0.15, 0.2) is 24.3 Å². The molecule has 10 heteroatoms. The number of benzene rings is 1. The number of hydrogen-bond acceptors (Lipinski definition) is 4. The van der Waals surface area contributed by atoms with Crippen molar-refractivity contribution in [1.29, 1.82) is 0 Å². The summed E-state index contributed by atoms with van der Waals surface area (Å²) in [5.74, 6) is -2.09. The standard InChI is InChI=1S/C20H27FN2O2.C2HF3O2/c1-15-20(25-14-19(24)23(15)13-17-2-3-17)8-10-22(11-9-20)12-16-4-6-18(21)7-5-16;3-2(4,5)1(6)7/h4-7,15,17H,2-3,8-14H2,1H3;(H,6,7). The molecule has 1 atom stereocenters. The zero-order chi connectivity index (χ0) is 23.5. The monoisotopic (exact) mass is 460 g/mol. The number of carboxylic acids is 1. The van der Waals surface area contributed by atoms with Crippen LogP contribution in [0.2, 0.25) is 0 Å². The number of morpholine rings is 1. The van der Waals surface area contributed by atoms with Crippen molar-refractivity contribution in [2.75, 3.05) is 26.2 Å². The van der Waals surface area contributed by atoms with Gasteiger partial charge >= 0.3 is 12.1 Å². The third-order valence-corrected chi connectivity index (χ3v) is 6.45. The molecule has 1 aromatic carbocycles. The molecule has 4 rings (SSSR count). The number of nitrogens with zero attached hydrogens (tertiary/aromatic N) is 2. The predicted octanol–water partition coefficient (Wildman–Crippen LogP) is 3.45. The van der Waals surface area contributed by atoms with Gasteiger partial charge in [0, 0.05) is 26.2 Å². The fourth-order valence-corrected chi connectivity index (χ4v) is 4.25. The molecular weight excluding hydrogens is 432 g/mol. The van der Waals surface area contributed by atoms with Crippen LogP contribution in [-0.2, 0) is 20.9 Å². The van der Waals surface area contributed by atoms with E-state index in [4.69, 9.17) is 14.6 Å². The lowest BCUT2D eigenvalue weighted by Gasteiger charge is -2.51. The lowest BCUT2D eigenvalue weighted by molar-refractivity contribution is -0.192. The molecule has 2 heterocycles. The maximum Gasteiger partial charge on any atom is 0.490 e. The third kappa shape index (κ3) is 6.19. The van der Waals surface area contributed by atoms with Gasteiger partial charge in [-0.25, -0.2) is 9.18 Å². The second-order valence-electron chi connectivity index (χ2n) is 8.72. The molecule has 1 unspecified atom stereocenters. The minimum atomic E-state index is -5.08. The molecule has 0 aromatic heterocycles. The highest BCUT2D eigenvalue weighted by Crippen LogP contribution is 2.38. The zero-order valence-corrected chi connectivity index (χ0v) is 17.9. The van der Waals surface area contributed by atoms with Crippen molar-refractivity contribution in [3.63, 3.8) is 0 Å². The normalized spacial score (nSPS) is 23.6. The van der Waals surface area contributed by atoms with Crippen molar-refractivity contribution >= 4 is 11.9 Å². The molecule has 1 N–H and O–H groups in total. The smallest absolute Gasteiger partial charge is 0.475 e. The summed E-state index contributed by atoms with van der Waals surface area (Å²) in [6, 6.07) is 6.91. The van der Waals surface area contributed by atoms with Crippen molar-refractivity contribution < 1.29 is 37.0 Å². The Morgan fingerprint density at radius 3 is 2.25 bits per heavy atom. The van der Waals surface area contributed by atoms with E-state index in [9.17, 15) is 22.4 Å². The van der Waals surface area contributed by atoms with Crippen LogP contribution in [-0.4, -0.2) is 70.8 Å². The lowest BCUT2D eigenvalue weighted by Crippen LogP contribution is -2.64. The lowest BCUT2D eigenvalue weighted by atomic mass is 9.82. The van der Waals surface area contributed by atoms with Gasteiger partial charge in [-0.1, -0.05) is 12.1 Å². The molecule has 1 aliphatic carbocycles. The van der Waals surface area contributed by atoms with Gasteiger partial charge < -0.3 is 14.7 Å². The van der Waals surface area contributed by atoms with E-state index >= 15 is 0 Å². The number of halogens is 4. The van der Waals surface area contributed by atoms with E-state index in [1.54, 1.807) is 0 Å². The van der Waals surface area contributed by atoms with E-state index in [2.05, 4.69) is 16.7 Å². The second-order valence-corrected chi connectivity index (χ2v) is 8.72. The first-order valence-corrected chi connectivity index (χ1v) is 10.7. The summed E-state index contributed by atoms with van der Waals surface area (Å²) < 4.78 is 50.9. The van der Waals surface area contributed by atoms with E-state index in [1.165, 1.54) is 25.0 Å². The fourth-order valence-electron chi connectivity index (χ4n) is 4.25. The van der Waals surface area contributed by atoms with Crippen LogP contribution in [0.25, 0.3) is 0 Å². The molecule has 1 aromatic rings. The van der Waals surface area contributed by atoms with Gasteiger partial charge in [0.05, 0.1) is 11.6 Å². The zero-order valence-electron chi connectivity index (χ0n) is 17.9. The van der Waals surface area contributed by atoms with Crippen LogP contribution in [0.3, 0.4) is 0 Å². The van der Waals surface area contributed by atoms with E-state index in [-0.39, 0.29) is 30.0 Å². The van der Waals surface area contributed by atoms with Gasteiger partial charge in [0.1, 0.15) is 12.4 Å². The predicted molar refractivity (Wildman–Crippen MR) is 107 cm³/mol. The molecule has 2 saturated heterocycles. The first-order chi connectivity index (χ1) is 15.0. The number of carbonyl (C=O) groups excluding carboxylic acids is 1. The summed E-state index contributed by atoms with van der Waals surface area (Å²) in [6.45, 7) is 6.05. The summed E-state index contributed by atoms with van der Waals surface area (Å²) in [5, 5.41) is 7.12. The first kappa shape index (κ1) is 24.4. The summed E-state index contributed by atoms with van der Waals surface area (Å²) in [7, 11) is 0. The maximum atomic E-state index is 13.0. The number of likely N-dealkylation sites (tertiary alicyclic amines) is 1. The number of piperidine rings is 1. The highest BCUT2D eigenvalue weighted by Gasteiger charge is 2.48. The topological polar surface area (TPSA) is 70.1 Å². The largest absolute Gasteiger partial charge is 0.490 e. The summed E-state index contributed by atoms with van der Waals surface area (Å²) >= 11 is 0. The summed E-state index contributed by atoms with van der Waals surface area (Å²) in [4.78, 5) is 25.7. The van der Waals surface area contributed by atoms with E-state index in [0.29, 0.717) is 5.92 Å². The average Bonchev–Trinajstić information content (AvgIpc) is 3.56. The second kappa shape index (κ2) is 9.74. The van der Waals surface area contributed by atoms with Crippen LogP contribution in [0.5, 0.6) is 0 Å². The van der Waals surface area contributed by atoms with E-state index in [0.717, 1.165) is 44.6 Å².